The molecule has 0 unspecified atom stereocenters. The third kappa shape index (κ3) is 2.02. The van der Waals surface area contributed by atoms with Gasteiger partial charge in [0.15, 0.2) is 0 Å². The van der Waals surface area contributed by atoms with Gasteiger partial charge in [0.2, 0.25) is 0 Å². The van der Waals surface area contributed by atoms with Gasteiger partial charge in [-0.1, -0.05) is 11.6 Å². The predicted molar refractivity (Wildman–Crippen MR) is 53.9 cm³/mol. The van der Waals surface area contributed by atoms with Crippen LogP contribution in [0.1, 0.15) is 11.1 Å². The third-order valence-electron chi connectivity index (χ3n) is 1.83. The second-order valence-corrected chi connectivity index (χ2v) is 5.79. The minimum Gasteiger partial charge on any atom is -0.207 e. The summed E-state index contributed by atoms with van der Waals surface area (Å²) in [6.07, 6.45) is 0. The van der Waals surface area contributed by atoms with Gasteiger partial charge in [0, 0.05) is 15.7 Å². The molecular weight excluding hydrogens is 250 g/mol. The van der Waals surface area contributed by atoms with E-state index in [1.165, 1.54) is 19.9 Å². The molecule has 0 aliphatic carbocycles. The van der Waals surface area contributed by atoms with Crippen molar-refractivity contribution < 1.29 is 12.8 Å². The van der Waals surface area contributed by atoms with E-state index in [1.54, 1.807) is 0 Å². The van der Waals surface area contributed by atoms with Gasteiger partial charge in [-0.2, -0.15) is 0 Å². The molecule has 0 amide bonds. The van der Waals surface area contributed by atoms with Gasteiger partial charge in [0.05, 0.1) is 0 Å². The highest BCUT2D eigenvalue weighted by atomic mass is 35.7. The first-order valence-electron chi connectivity index (χ1n) is 3.65. The Balaban J connectivity index is 3.74. The fourth-order valence-electron chi connectivity index (χ4n) is 1.10. The Kier molecular flexibility index (Phi) is 3.09. The topological polar surface area (TPSA) is 34.1 Å². The molecule has 1 aromatic rings. The maximum absolute atomic E-state index is 13.4. The summed E-state index contributed by atoms with van der Waals surface area (Å²) in [6.45, 7) is 2.83. The summed E-state index contributed by atoms with van der Waals surface area (Å²) in [6, 6.07) is 1.36. The van der Waals surface area contributed by atoms with Gasteiger partial charge in [-0.3, -0.25) is 0 Å². The maximum atomic E-state index is 13.4. The van der Waals surface area contributed by atoms with Crippen LogP contribution in [0.5, 0.6) is 0 Å². The number of benzene rings is 1. The lowest BCUT2D eigenvalue weighted by atomic mass is 10.1. The van der Waals surface area contributed by atoms with Crippen molar-refractivity contribution in [2.24, 2.45) is 0 Å². The lowest BCUT2D eigenvalue weighted by Gasteiger charge is -2.07. The molecule has 0 saturated heterocycles. The molecule has 1 aromatic carbocycles. The highest BCUT2D eigenvalue weighted by Crippen LogP contribution is 2.30. The molecule has 0 heterocycles. The van der Waals surface area contributed by atoms with Crippen molar-refractivity contribution in [3.63, 3.8) is 0 Å². The lowest BCUT2D eigenvalue weighted by Crippen LogP contribution is -2.01. The van der Waals surface area contributed by atoms with Gasteiger partial charge in [-0.25, -0.2) is 12.8 Å². The van der Waals surface area contributed by atoms with E-state index in [4.69, 9.17) is 22.3 Å². The summed E-state index contributed by atoms with van der Waals surface area (Å²) in [5.74, 6) is -0.845. The lowest BCUT2D eigenvalue weighted by molar-refractivity contribution is 0.567. The molecule has 2 nitrogen and oxygen atoms in total. The smallest absolute Gasteiger partial charge is 0.207 e. The predicted octanol–water partition coefficient (Wildman–Crippen LogP) is 3.02. The average Bonchev–Trinajstić information content (AvgIpc) is 1.98. The van der Waals surface area contributed by atoms with E-state index >= 15 is 0 Å². The van der Waals surface area contributed by atoms with Gasteiger partial charge >= 0.3 is 0 Å². The summed E-state index contributed by atoms with van der Waals surface area (Å²) >= 11 is 5.71. The van der Waals surface area contributed by atoms with Crippen LogP contribution in [0.2, 0.25) is 5.02 Å². The Morgan fingerprint density at radius 3 is 2.29 bits per heavy atom. The normalized spacial score (nSPS) is 11.8. The van der Waals surface area contributed by atoms with Crippen LogP contribution in [-0.4, -0.2) is 8.42 Å². The molecule has 0 radical (unpaired) electrons. The van der Waals surface area contributed by atoms with E-state index < -0.39 is 19.8 Å². The van der Waals surface area contributed by atoms with Crippen LogP contribution < -0.4 is 0 Å². The summed E-state index contributed by atoms with van der Waals surface area (Å²) < 4.78 is 35.5. The van der Waals surface area contributed by atoms with E-state index in [2.05, 4.69) is 0 Å². The number of rotatable bonds is 1. The van der Waals surface area contributed by atoms with Gasteiger partial charge < -0.3 is 0 Å². The number of hydrogen-bond acceptors (Lipinski definition) is 2. The Hall–Kier alpha value is -0.320. The molecule has 0 N–H and O–H groups in total. The zero-order chi connectivity index (χ0) is 11.1. The van der Waals surface area contributed by atoms with E-state index in [0.29, 0.717) is 0 Å². The van der Waals surface area contributed by atoms with Crippen molar-refractivity contribution in [3.05, 3.63) is 28.0 Å². The molecular formula is C8H7Cl2FO2S. The minimum atomic E-state index is -4.10. The Labute approximate surface area is 91.1 Å². The fourth-order valence-corrected chi connectivity index (χ4v) is 2.82. The van der Waals surface area contributed by atoms with Crippen LogP contribution >= 0.6 is 22.3 Å². The molecule has 0 spiro atoms. The molecule has 0 aliphatic rings. The van der Waals surface area contributed by atoms with Gasteiger partial charge in [-0.15, -0.1) is 0 Å². The van der Waals surface area contributed by atoms with Gasteiger partial charge in [0.1, 0.15) is 10.7 Å². The van der Waals surface area contributed by atoms with Crippen molar-refractivity contribution in [1.29, 1.82) is 0 Å². The van der Waals surface area contributed by atoms with Crippen molar-refractivity contribution >= 4 is 31.3 Å². The Morgan fingerprint density at radius 2 is 1.86 bits per heavy atom. The molecule has 14 heavy (non-hydrogen) atoms. The standard InChI is InChI=1S/C8H7Cl2FO2S/c1-4-3-6(9)5(2)8(7(4)11)14(10,12)13/h3H,1-2H3. The third-order valence-corrected chi connectivity index (χ3v) is 3.66. The Morgan fingerprint density at radius 1 is 1.36 bits per heavy atom. The summed E-state index contributed by atoms with van der Waals surface area (Å²) in [5.41, 5.74) is 0.282. The highest BCUT2D eigenvalue weighted by Gasteiger charge is 2.22. The van der Waals surface area contributed by atoms with Crippen LogP contribution in [0.25, 0.3) is 0 Å². The van der Waals surface area contributed by atoms with E-state index in [-0.39, 0.29) is 16.1 Å². The maximum Gasteiger partial charge on any atom is 0.264 e. The zero-order valence-corrected chi connectivity index (χ0v) is 9.76. The highest BCUT2D eigenvalue weighted by molar-refractivity contribution is 8.13. The quantitative estimate of drug-likeness (QED) is 0.724. The van der Waals surface area contributed by atoms with E-state index in [1.807, 2.05) is 0 Å². The average molecular weight is 257 g/mol. The fraction of sp³-hybridized carbons (Fsp3) is 0.250. The van der Waals surface area contributed by atoms with Crippen molar-refractivity contribution in [3.8, 4) is 0 Å². The molecule has 1 rings (SSSR count). The molecule has 78 valence electrons. The molecule has 0 saturated carbocycles. The number of hydrogen-bond donors (Lipinski definition) is 0. The molecule has 0 aromatic heterocycles. The minimum absolute atomic E-state index is 0.129. The molecule has 0 aliphatic heterocycles. The van der Waals surface area contributed by atoms with Crippen molar-refractivity contribution in [2.45, 2.75) is 18.7 Å². The molecule has 0 fully saturated rings. The first-order chi connectivity index (χ1) is 6.25. The van der Waals surface area contributed by atoms with Crippen LogP contribution in [0.15, 0.2) is 11.0 Å². The summed E-state index contributed by atoms with van der Waals surface area (Å²) in [5, 5.41) is 0.183. The Bertz CT molecular complexity index is 456. The first kappa shape index (κ1) is 11.8. The van der Waals surface area contributed by atoms with Crippen molar-refractivity contribution in [2.75, 3.05) is 0 Å². The van der Waals surface area contributed by atoms with Crippen LogP contribution in [0.4, 0.5) is 4.39 Å². The molecule has 6 heteroatoms. The second-order valence-electron chi connectivity index (χ2n) is 2.88. The summed E-state index contributed by atoms with van der Waals surface area (Å²) in [4.78, 5) is -0.538. The molecule has 0 atom stereocenters. The van der Waals surface area contributed by atoms with Crippen LogP contribution in [0, 0.1) is 19.7 Å². The van der Waals surface area contributed by atoms with Crippen LogP contribution in [-0.2, 0) is 9.05 Å². The van der Waals surface area contributed by atoms with E-state index in [9.17, 15) is 12.8 Å². The number of halogens is 3. The van der Waals surface area contributed by atoms with Gasteiger partial charge in [0.25, 0.3) is 9.05 Å². The van der Waals surface area contributed by atoms with Crippen molar-refractivity contribution in [1.82, 2.24) is 0 Å². The monoisotopic (exact) mass is 256 g/mol. The second kappa shape index (κ2) is 3.68. The molecule has 0 bridgehead atoms. The van der Waals surface area contributed by atoms with Gasteiger partial charge in [-0.05, 0) is 31.0 Å². The van der Waals surface area contributed by atoms with E-state index in [0.717, 1.165) is 0 Å². The summed E-state index contributed by atoms with van der Waals surface area (Å²) in [7, 11) is 0.990. The SMILES string of the molecule is Cc1cc(Cl)c(C)c(S(=O)(=O)Cl)c1F. The number of aryl methyl sites for hydroxylation is 1. The van der Waals surface area contributed by atoms with Crippen LogP contribution in [0.3, 0.4) is 0 Å². The largest absolute Gasteiger partial charge is 0.264 e. The zero-order valence-electron chi connectivity index (χ0n) is 7.44. The first-order valence-corrected chi connectivity index (χ1v) is 6.33.